The van der Waals surface area contributed by atoms with Gasteiger partial charge in [0.25, 0.3) is 0 Å². The van der Waals surface area contributed by atoms with Gasteiger partial charge in [-0.15, -0.1) is 23.5 Å². The number of hydrogen-bond donors (Lipinski definition) is 2. The third kappa shape index (κ3) is 9.27. The Bertz CT molecular complexity index is 1200. The van der Waals surface area contributed by atoms with E-state index in [4.69, 9.17) is 0 Å². The number of hydrogen-bond acceptors (Lipinski definition) is 4. The van der Waals surface area contributed by atoms with Crippen molar-refractivity contribution in [3.63, 3.8) is 0 Å². The highest BCUT2D eigenvalue weighted by Gasteiger charge is 2.09. The van der Waals surface area contributed by atoms with Crippen LogP contribution >= 0.6 is 23.5 Å². The van der Waals surface area contributed by atoms with Crippen molar-refractivity contribution in [3.05, 3.63) is 83.9 Å². The Hall–Kier alpha value is -1.98. The first kappa shape index (κ1) is 31.0. The zero-order valence-electron chi connectivity index (χ0n) is 24.6. The smallest absolute Gasteiger partial charge is 0.0216 e. The molecule has 0 spiro atoms. The van der Waals surface area contributed by atoms with Crippen molar-refractivity contribution in [1.82, 2.24) is 10.6 Å². The fourth-order valence-corrected chi connectivity index (χ4v) is 7.74. The van der Waals surface area contributed by atoms with Gasteiger partial charge < -0.3 is 10.6 Å². The molecule has 214 valence electrons. The molecule has 0 saturated heterocycles. The third-order valence-corrected chi connectivity index (χ3v) is 10.0. The van der Waals surface area contributed by atoms with Gasteiger partial charge >= 0.3 is 0 Å². The Balaban J connectivity index is 1.15. The topological polar surface area (TPSA) is 24.1 Å². The lowest BCUT2D eigenvalue weighted by Gasteiger charge is -2.14. The second-order valence-electron chi connectivity index (χ2n) is 10.7. The molecule has 2 N–H and O–H groups in total. The summed E-state index contributed by atoms with van der Waals surface area (Å²) in [6.45, 7) is 8.66. The first-order valence-electron chi connectivity index (χ1n) is 15.5. The fraction of sp³-hybridized carbons (Fsp3) is 0.444. The van der Waals surface area contributed by atoms with Crippen molar-refractivity contribution in [2.45, 2.75) is 88.1 Å². The molecular formula is C36H48N2S2. The minimum atomic E-state index is 0.963. The quantitative estimate of drug-likeness (QED) is 0.0862. The monoisotopic (exact) mass is 572 g/mol. The van der Waals surface area contributed by atoms with E-state index in [1.807, 2.05) is 23.5 Å². The summed E-state index contributed by atoms with van der Waals surface area (Å²) in [7, 11) is 0. The maximum Gasteiger partial charge on any atom is 0.0216 e. The zero-order valence-corrected chi connectivity index (χ0v) is 26.3. The Morgan fingerprint density at radius 1 is 0.500 bits per heavy atom. The van der Waals surface area contributed by atoms with Crippen LogP contribution in [0.25, 0.3) is 21.5 Å². The first-order valence-corrected chi connectivity index (χ1v) is 17.5. The summed E-state index contributed by atoms with van der Waals surface area (Å²) in [5.41, 5.74) is 2.90. The van der Waals surface area contributed by atoms with E-state index in [9.17, 15) is 0 Å². The van der Waals surface area contributed by atoms with Gasteiger partial charge in [0.15, 0.2) is 0 Å². The highest BCUT2D eigenvalue weighted by Crippen LogP contribution is 2.33. The minimum absolute atomic E-state index is 0.963. The van der Waals surface area contributed by atoms with Crippen LogP contribution in [0.5, 0.6) is 0 Å². The van der Waals surface area contributed by atoms with Gasteiger partial charge in [-0.25, -0.2) is 0 Å². The predicted octanol–water partition coefficient (Wildman–Crippen LogP) is 10.2. The number of benzene rings is 4. The van der Waals surface area contributed by atoms with Gasteiger partial charge in [-0.3, -0.25) is 0 Å². The molecule has 40 heavy (non-hydrogen) atoms. The molecule has 4 heteroatoms. The fourth-order valence-electron chi connectivity index (χ4n) is 5.13. The largest absolute Gasteiger partial charge is 0.313 e. The van der Waals surface area contributed by atoms with Crippen molar-refractivity contribution >= 4 is 45.1 Å². The molecule has 0 saturated carbocycles. The van der Waals surface area contributed by atoms with Crippen LogP contribution in [0.4, 0.5) is 0 Å². The standard InChI is InChI=1S/C36H48N2S2/c1-3-5-25-39-35-31(21-19-29-15-9-11-17-33(29)35)27-37-23-13-7-8-14-24-38-28-32-22-20-30-16-10-12-18-34(30)36(32)40-26-6-4-2/h9-12,15-22,37-38H,3-8,13-14,23-28H2,1-2H3. The van der Waals surface area contributed by atoms with Gasteiger partial charge in [0, 0.05) is 22.9 Å². The molecular weight excluding hydrogens is 525 g/mol. The number of fused-ring (bicyclic) bond motifs is 2. The first-order chi connectivity index (χ1) is 19.8. The Kier molecular flexibility index (Phi) is 13.7. The average molecular weight is 573 g/mol. The maximum atomic E-state index is 3.73. The van der Waals surface area contributed by atoms with Gasteiger partial charge in [0.2, 0.25) is 0 Å². The molecule has 0 atom stereocenters. The Labute approximate surface area is 251 Å². The highest BCUT2D eigenvalue weighted by atomic mass is 32.2. The van der Waals surface area contributed by atoms with Gasteiger partial charge in [0.1, 0.15) is 0 Å². The molecule has 2 nitrogen and oxygen atoms in total. The number of unbranched alkanes of at least 4 members (excludes halogenated alkanes) is 5. The molecule has 0 radical (unpaired) electrons. The summed E-state index contributed by atoms with van der Waals surface area (Å²) < 4.78 is 0. The van der Waals surface area contributed by atoms with Crippen LogP contribution in [0, 0.1) is 0 Å². The molecule has 0 amide bonds. The van der Waals surface area contributed by atoms with Crippen LogP contribution in [0.3, 0.4) is 0 Å². The van der Waals surface area contributed by atoms with Crippen molar-refractivity contribution in [2.24, 2.45) is 0 Å². The second kappa shape index (κ2) is 17.7. The SMILES string of the molecule is CCCCSc1c(CNCCCCCCNCc2ccc3ccccc3c2SCCCC)ccc2ccccc12. The van der Waals surface area contributed by atoms with E-state index in [0.717, 1.165) is 26.2 Å². The summed E-state index contributed by atoms with van der Waals surface area (Å²) in [4.78, 5) is 2.95. The molecule has 0 aromatic heterocycles. The van der Waals surface area contributed by atoms with Gasteiger partial charge in [0.05, 0.1) is 0 Å². The molecule has 0 unspecified atom stereocenters. The lowest BCUT2D eigenvalue weighted by molar-refractivity contribution is 0.561. The number of nitrogens with one attached hydrogen (secondary N) is 2. The molecule has 4 rings (SSSR count). The lowest BCUT2D eigenvalue weighted by Crippen LogP contribution is -2.16. The van der Waals surface area contributed by atoms with E-state index in [1.54, 1.807) is 0 Å². The Morgan fingerprint density at radius 3 is 1.40 bits per heavy atom. The van der Waals surface area contributed by atoms with Gasteiger partial charge in [-0.2, -0.15) is 0 Å². The summed E-state index contributed by atoms with van der Waals surface area (Å²) in [6, 6.07) is 26.9. The van der Waals surface area contributed by atoms with E-state index in [-0.39, 0.29) is 0 Å². The van der Waals surface area contributed by atoms with Crippen LogP contribution in [0.1, 0.15) is 76.3 Å². The van der Waals surface area contributed by atoms with E-state index >= 15 is 0 Å². The summed E-state index contributed by atoms with van der Waals surface area (Å²) in [5, 5.41) is 13.0. The van der Waals surface area contributed by atoms with E-state index in [1.165, 1.54) is 105 Å². The second-order valence-corrected chi connectivity index (χ2v) is 12.9. The highest BCUT2D eigenvalue weighted by molar-refractivity contribution is 7.99. The normalized spacial score (nSPS) is 11.6. The average Bonchev–Trinajstić information content (AvgIpc) is 2.99. The lowest BCUT2D eigenvalue weighted by atomic mass is 10.1. The maximum absolute atomic E-state index is 3.73. The third-order valence-electron chi connectivity index (χ3n) is 7.50. The molecule has 4 aromatic carbocycles. The van der Waals surface area contributed by atoms with Crippen LogP contribution in [-0.2, 0) is 13.1 Å². The zero-order chi connectivity index (χ0) is 27.8. The number of rotatable bonds is 19. The molecule has 0 aliphatic rings. The van der Waals surface area contributed by atoms with Crippen molar-refractivity contribution < 1.29 is 0 Å². The van der Waals surface area contributed by atoms with Crippen LogP contribution < -0.4 is 10.6 Å². The molecule has 0 aliphatic carbocycles. The molecule has 0 aliphatic heterocycles. The minimum Gasteiger partial charge on any atom is -0.313 e. The van der Waals surface area contributed by atoms with Crippen molar-refractivity contribution in [3.8, 4) is 0 Å². The Morgan fingerprint density at radius 2 is 0.950 bits per heavy atom. The summed E-state index contributed by atoms with van der Waals surface area (Å²) in [6.07, 6.45) is 10.1. The summed E-state index contributed by atoms with van der Waals surface area (Å²) >= 11 is 4.07. The molecule has 0 bridgehead atoms. The molecule has 0 fully saturated rings. The van der Waals surface area contributed by atoms with E-state index in [2.05, 4.69) is 97.3 Å². The summed E-state index contributed by atoms with van der Waals surface area (Å²) in [5.74, 6) is 2.40. The van der Waals surface area contributed by atoms with Gasteiger partial charge in [-0.1, -0.05) is 112 Å². The number of thioether (sulfide) groups is 2. The van der Waals surface area contributed by atoms with Crippen molar-refractivity contribution in [2.75, 3.05) is 24.6 Å². The van der Waals surface area contributed by atoms with Gasteiger partial charge in [-0.05, 0) is 83.0 Å². The van der Waals surface area contributed by atoms with Crippen LogP contribution in [0.15, 0.2) is 82.6 Å². The van der Waals surface area contributed by atoms with E-state index < -0.39 is 0 Å². The van der Waals surface area contributed by atoms with Crippen LogP contribution in [-0.4, -0.2) is 24.6 Å². The van der Waals surface area contributed by atoms with Crippen molar-refractivity contribution in [1.29, 1.82) is 0 Å². The predicted molar refractivity (Wildman–Crippen MR) is 181 cm³/mol. The molecule has 4 aromatic rings. The molecule has 0 heterocycles. The van der Waals surface area contributed by atoms with E-state index in [0.29, 0.717) is 0 Å². The van der Waals surface area contributed by atoms with Crippen LogP contribution in [0.2, 0.25) is 0 Å².